The molecule has 3 aromatic rings. The molecule has 0 aliphatic carbocycles. The Bertz CT molecular complexity index is 1050. The van der Waals surface area contributed by atoms with E-state index in [-0.39, 0.29) is 6.54 Å². The molecule has 9 heteroatoms. The first kappa shape index (κ1) is 15.8. The summed E-state index contributed by atoms with van der Waals surface area (Å²) in [5.41, 5.74) is 1.71. The van der Waals surface area contributed by atoms with Gasteiger partial charge in [0.25, 0.3) is 0 Å². The van der Waals surface area contributed by atoms with Gasteiger partial charge >= 0.3 is 10.3 Å². The number of halogens is 1. The molecular formula is C15H11ClN2O4S2. The van der Waals surface area contributed by atoms with Crippen molar-refractivity contribution in [3.05, 3.63) is 41.7 Å². The first-order valence-corrected chi connectivity index (χ1v) is 9.75. The summed E-state index contributed by atoms with van der Waals surface area (Å²) in [6.07, 6.45) is 3.05. The maximum Gasteiger partial charge on any atom is 0.360 e. The molecule has 1 aliphatic heterocycles. The zero-order chi connectivity index (χ0) is 16.9. The number of anilines is 1. The van der Waals surface area contributed by atoms with E-state index in [2.05, 4.69) is 4.98 Å². The molecule has 124 valence electrons. The number of fused-ring (bicyclic) bond motifs is 2. The smallest absolute Gasteiger partial charge is 0.360 e. The summed E-state index contributed by atoms with van der Waals surface area (Å²) in [6.45, 7) is 0.192. The van der Waals surface area contributed by atoms with Crippen molar-refractivity contribution in [2.45, 2.75) is 4.90 Å². The van der Waals surface area contributed by atoms with E-state index >= 15 is 0 Å². The van der Waals surface area contributed by atoms with Gasteiger partial charge in [0.1, 0.15) is 11.3 Å². The van der Waals surface area contributed by atoms with Gasteiger partial charge in [0.05, 0.1) is 17.4 Å². The van der Waals surface area contributed by atoms with E-state index in [0.717, 1.165) is 9.69 Å². The molecule has 0 fully saturated rings. The van der Waals surface area contributed by atoms with Crippen molar-refractivity contribution >= 4 is 50.3 Å². The van der Waals surface area contributed by atoms with Gasteiger partial charge in [-0.3, -0.25) is 9.54 Å². The monoisotopic (exact) mass is 382 g/mol. The lowest BCUT2D eigenvalue weighted by Crippen LogP contribution is -2.35. The number of benzene rings is 1. The zero-order valence-corrected chi connectivity index (χ0v) is 14.5. The summed E-state index contributed by atoms with van der Waals surface area (Å²) in [7, 11) is -4.34. The first-order valence-electron chi connectivity index (χ1n) is 6.99. The number of rotatable bonds is 2. The predicted molar refractivity (Wildman–Crippen MR) is 94.1 cm³/mol. The van der Waals surface area contributed by atoms with Crippen LogP contribution in [0.3, 0.4) is 0 Å². The van der Waals surface area contributed by atoms with Crippen LogP contribution in [0.15, 0.2) is 46.0 Å². The molecule has 0 radical (unpaired) electrons. The lowest BCUT2D eigenvalue weighted by Gasteiger charge is -2.27. The van der Waals surface area contributed by atoms with Crippen molar-refractivity contribution in [3.8, 4) is 11.3 Å². The molecule has 0 amide bonds. The van der Waals surface area contributed by atoms with Crippen LogP contribution in [0.4, 0.5) is 5.69 Å². The van der Waals surface area contributed by atoms with E-state index in [4.69, 9.17) is 16.0 Å². The Balaban J connectivity index is 1.90. The molecule has 0 saturated carbocycles. The average Bonchev–Trinajstić information content (AvgIpc) is 2.95. The number of hydrogen-bond acceptors (Lipinski definition) is 5. The van der Waals surface area contributed by atoms with Gasteiger partial charge in [-0.15, -0.1) is 11.8 Å². The molecule has 6 nitrogen and oxygen atoms in total. The third-order valence-corrected chi connectivity index (χ3v) is 5.99. The van der Waals surface area contributed by atoms with Crippen LogP contribution in [0.25, 0.3) is 22.3 Å². The fourth-order valence-corrected chi connectivity index (χ4v) is 4.84. The minimum absolute atomic E-state index is 0.192. The molecule has 4 rings (SSSR count). The van der Waals surface area contributed by atoms with Gasteiger partial charge in [-0.2, -0.15) is 8.42 Å². The molecule has 1 N–H and O–H groups in total. The fourth-order valence-electron chi connectivity index (χ4n) is 2.68. The number of aromatic nitrogens is 1. The molecule has 1 aliphatic rings. The molecule has 3 heterocycles. The van der Waals surface area contributed by atoms with E-state index in [9.17, 15) is 13.0 Å². The Kier molecular flexibility index (Phi) is 3.72. The molecular weight excluding hydrogens is 372 g/mol. The lowest BCUT2D eigenvalue weighted by molar-refractivity contribution is 0.478. The molecule has 0 unspecified atom stereocenters. The van der Waals surface area contributed by atoms with E-state index in [0.29, 0.717) is 38.3 Å². The molecule has 0 bridgehead atoms. The predicted octanol–water partition coefficient (Wildman–Crippen LogP) is 3.86. The average molecular weight is 383 g/mol. The van der Waals surface area contributed by atoms with Crippen LogP contribution >= 0.6 is 23.4 Å². The summed E-state index contributed by atoms with van der Waals surface area (Å²) in [4.78, 5) is 4.82. The SMILES string of the molecule is O=S(=O)(O)N1CCSc2c(-c3cc4cc(Cl)ccc4o3)cncc21. The van der Waals surface area contributed by atoms with E-state index < -0.39 is 10.3 Å². The van der Waals surface area contributed by atoms with E-state index in [1.807, 2.05) is 6.07 Å². The van der Waals surface area contributed by atoms with Crippen LogP contribution in [-0.4, -0.2) is 30.3 Å². The van der Waals surface area contributed by atoms with E-state index in [1.54, 1.807) is 24.4 Å². The van der Waals surface area contributed by atoms with Gasteiger partial charge in [0.15, 0.2) is 0 Å². The van der Waals surface area contributed by atoms with Crippen molar-refractivity contribution in [1.82, 2.24) is 4.98 Å². The summed E-state index contributed by atoms with van der Waals surface area (Å²) in [5.74, 6) is 1.09. The van der Waals surface area contributed by atoms with Crippen molar-refractivity contribution in [2.75, 3.05) is 16.6 Å². The summed E-state index contributed by atoms with van der Waals surface area (Å²) in [6, 6.07) is 7.15. The highest BCUT2D eigenvalue weighted by Gasteiger charge is 2.29. The minimum atomic E-state index is -4.34. The number of hydrogen-bond donors (Lipinski definition) is 1. The van der Waals surface area contributed by atoms with Crippen molar-refractivity contribution in [2.24, 2.45) is 0 Å². The Morgan fingerprint density at radius 3 is 2.92 bits per heavy atom. The Morgan fingerprint density at radius 1 is 1.29 bits per heavy atom. The highest BCUT2D eigenvalue weighted by Crippen LogP contribution is 2.43. The van der Waals surface area contributed by atoms with Crippen LogP contribution in [0.2, 0.25) is 5.02 Å². The van der Waals surface area contributed by atoms with Gasteiger partial charge in [-0.05, 0) is 24.3 Å². The summed E-state index contributed by atoms with van der Waals surface area (Å²) < 4.78 is 39.4. The third-order valence-electron chi connectivity index (χ3n) is 3.71. The topological polar surface area (TPSA) is 83.6 Å². The van der Waals surface area contributed by atoms with Gasteiger partial charge < -0.3 is 4.42 Å². The minimum Gasteiger partial charge on any atom is -0.456 e. The standard InChI is InChI=1S/C15H11ClN2O4S2/c16-10-1-2-13-9(5-10)6-14(22-13)11-7-17-8-12-15(11)23-4-3-18(12)24(19,20)21/h1-2,5-8H,3-4H2,(H,19,20,21). The maximum atomic E-state index is 11.6. The van der Waals surface area contributed by atoms with Crippen LogP contribution < -0.4 is 4.31 Å². The van der Waals surface area contributed by atoms with Crippen molar-refractivity contribution < 1.29 is 17.4 Å². The number of thioether (sulfide) groups is 1. The summed E-state index contributed by atoms with van der Waals surface area (Å²) in [5, 5.41) is 1.46. The zero-order valence-electron chi connectivity index (χ0n) is 12.1. The first-order chi connectivity index (χ1) is 11.4. The summed E-state index contributed by atoms with van der Waals surface area (Å²) >= 11 is 7.50. The third kappa shape index (κ3) is 2.65. The second kappa shape index (κ2) is 5.66. The Hall–Kier alpha value is -1.74. The fraction of sp³-hybridized carbons (Fsp3) is 0.133. The number of pyridine rings is 1. The van der Waals surface area contributed by atoms with Gasteiger partial charge in [0, 0.05) is 33.8 Å². The number of furan rings is 1. The second-order valence-corrected chi connectivity index (χ2v) is 8.10. The molecule has 0 saturated heterocycles. The Labute approximate surface area is 147 Å². The molecule has 2 aromatic heterocycles. The highest BCUT2D eigenvalue weighted by atomic mass is 35.5. The van der Waals surface area contributed by atoms with Gasteiger partial charge in [-0.25, -0.2) is 4.31 Å². The molecule has 0 spiro atoms. The maximum absolute atomic E-state index is 11.6. The molecule has 1 aromatic carbocycles. The molecule has 0 atom stereocenters. The van der Waals surface area contributed by atoms with Gasteiger partial charge in [0.2, 0.25) is 0 Å². The van der Waals surface area contributed by atoms with Crippen LogP contribution in [0, 0.1) is 0 Å². The van der Waals surface area contributed by atoms with E-state index in [1.165, 1.54) is 18.0 Å². The highest BCUT2D eigenvalue weighted by molar-refractivity contribution is 8.00. The lowest BCUT2D eigenvalue weighted by atomic mass is 10.2. The number of nitrogens with zero attached hydrogens (tertiary/aromatic N) is 2. The van der Waals surface area contributed by atoms with Crippen LogP contribution in [0.5, 0.6) is 0 Å². The second-order valence-electron chi connectivity index (χ2n) is 5.23. The molecule has 24 heavy (non-hydrogen) atoms. The van der Waals surface area contributed by atoms with Crippen LogP contribution in [-0.2, 0) is 10.3 Å². The Morgan fingerprint density at radius 2 is 2.12 bits per heavy atom. The van der Waals surface area contributed by atoms with Gasteiger partial charge in [-0.1, -0.05) is 11.6 Å². The normalized spacial score (nSPS) is 14.8. The van der Waals surface area contributed by atoms with Crippen molar-refractivity contribution in [1.29, 1.82) is 0 Å². The van der Waals surface area contributed by atoms with Crippen LogP contribution in [0.1, 0.15) is 0 Å². The quantitative estimate of drug-likeness (QED) is 0.677. The largest absolute Gasteiger partial charge is 0.456 e. The van der Waals surface area contributed by atoms with Crippen molar-refractivity contribution in [3.63, 3.8) is 0 Å².